The van der Waals surface area contributed by atoms with Crippen LogP contribution in [0, 0.1) is 0 Å². The Morgan fingerprint density at radius 2 is 2.00 bits per heavy atom. The number of aromatic nitrogens is 3. The molecule has 0 fully saturated rings. The molecule has 0 spiro atoms. The van der Waals surface area contributed by atoms with Gasteiger partial charge >= 0.3 is 0 Å². The van der Waals surface area contributed by atoms with Crippen molar-refractivity contribution in [3.8, 4) is 11.5 Å². The van der Waals surface area contributed by atoms with Gasteiger partial charge in [0.2, 0.25) is 6.39 Å². The van der Waals surface area contributed by atoms with E-state index in [0.29, 0.717) is 34.2 Å². The topological polar surface area (TPSA) is 116 Å². The summed E-state index contributed by atoms with van der Waals surface area (Å²) >= 11 is 0. The normalized spacial score (nSPS) is 18.6. The lowest BCUT2D eigenvalue weighted by Gasteiger charge is -2.28. The van der Waals surface area contributed by atoms with Crippen LogP contribution in [0.4, 0.5) is 17.2 Å². The number of amides is 1. The lowest BCUT2D eigenvalue weighted by Crippen LogP contribution is -2.34. The molecule has 9 heteroatoms. The summed E-state index contributed by atoms with van der Waals surface area (Å²) in [6, 6.07) is 16.8. The summed E-state index contributed by atoms with van der Waals surface area (Å²) in [5.74, 6) is 0.820. The van der Waals surface area contributed by atoms with Gasteiger partial charge in [0.15, 0.2) is 0 Å². The van der Waals surface area contributed by atoms with Gasteiger partial charge in [-0.3, -0.25) is 9.69 Å². The van der Waals surface area contributed by atoms with Crippen LogP contribution in [0.25, 0.3) is 11.5 Å². The third-order valence-electron chi connectivity index (χ3n) is 6.83. The summed E-state index contributed by atoms with van der Waals surface area (Å²) in [6.07, 6.45) is 6.77. The van der Waals surface area contributed by atoms with Gasteiger partial charge in [-0.25, -0.2) is 4.98 Å². The number of anilines is 3. The Balaban J connectivity index is 1.34. The summed E-state index contributed by atoms with van der Waals surface area (Å²) in [5.41, 5.74) is 4.67. The third kappa shape index (κ3) is 3.76. The van der Waals surface area contributed by atoms with Gasteiger partial charge in [-0.1, -0.05) is 43.0 Å². The minimum atomic E-state index is -0.562. The van der Waals surface area contributed by atoms with E-state index in [1.807, 2.05) is 73.7 Å². The van der Waals surface area contributed by atoms with Crippen LogP contribution >= 0.6 is 0 Å². The first-order chi connectivity index (χ1) is 18.0. The van der Waals surface area contributed by atoms with Crippen LogP contribution in [-0.4, -0.2) is 37.7 Å². The number of carbonyl (C=O) groups excluding carboxylic acids is 1. The highest BCUT2D eigenvalue weighted by Gasteiger charge is 2.48. The number of hydrogen-bond donors (Lipinski definition) is 3. The predicted molar refractivity (Wildman–Crippen MR) is 139 cm³/mol. The molecule has 3 N–H and O–H groups in total. The van der Waals surface area contributed by atoms with Crippen LogP contribution in [0.2, 0.25) is 0 Å². The fourth-order valence-corrected chi connectivity index (χ4v) is 4.96. The number of hydrogen-bond acceptors (Lipinski definition) is 8. The van der Waals surface area contributed by atoms with Crippen molar-refractivity contribution in [1.29, 1.82) is 0 Å². The minimum Gasteiger partial charge on any atom is -0.423 e. The maximum atomic E-state index is 12.9. The molecule has 4 aromatic rings. The Morgan fingerprint density at radius 1 is 1.16 bits per heavy atom. The number of aliphatic hydroxyl groups excluding tert-OH is 1. The molecule has 9 nitrogen and oxygen atoms in total. The molecule has 0 saturated heterocycles. The van der Waals surface area contributed by atoms with E-state index in [4.69, 9.17) is 4.42 Å². The van der Waals surface area contributed by atoms with E-state index in [0.717, 1.165) is 16.8 Å². The molecule has 1 unspecified atom stereocenters. The summed E-state index contributed by atoms with van der Waals surface area (Å²) in [7, 11) is 0. The van der Waals surface area contributed by atoms with Gasteiger partial charge in [0, 0.05) is 29.2 Å². The fraction of sp³-hybridized carbons (Fsp3) is 0.143. The highest BCUT2D eigenvalue weighted by Crippen LogP contribution is 2.47. The molecule has 0 aliphatic carbocycles. The Morgan fingerprint density at radius 3 is 2.76 bits per heavy atom. The molecule has 2 aliphatic heterocycles. The molecule has 4 heterocycles. The lowest BCUT2D eigenvalue weighted by atomic mass is 9.92. The van der Waals surface area contributed by atoms with Gasteiger partial charge in [-0.05, 0) is 42.3 Å². The van der Waals surface area contributed by atoms with Crippen molar-refractivity contribution in [2.24, 2.45) is 0 Å². The number of aliphatic hydroxyl groups is 1. The summed E-state index contributed by atoms with van der Waals surface area (Å²) in [6.45, 7) is 5.90. The lowest BCUT2D eigenvalue weighted by molar-refractivity contribution is 0.0765. The second-order valence-electron chi connectivity index (χ2n) is 9.15. The predicted octanol–water partition coefficient (Wildman–Crippen LogP) is 4.78. The average Bonchev–Trinajstić information content (AvgIpc) is 3.61. The van der Waals surface area contributed by atoms with Crippen molar-refractivity contribution < 1.29 is 14.3 Å². The molecular formula is C28H24N6O3. The maximum Gasteiger partial charge on any atom is 0.259 e. The zero-order valence-corrected chi connectivity index (χ0v) is 20.0. The largest absolute Gasteiger partial charge is 0.423 e. The number of nitrogens with zero attached hydrogens (tertiary/aromatic N) is 4. The first kappa shape index (κ1) is 22.7. The monoisotopic (exact) mass is 492 g/mol. The molecule has 2 atom stereocenters. The zero-order valence-electron chi connectivity index (χ0n) is 20.0. The quantitative estimate of drug-likeness (QED) is 0.338. The van der Waals surface area contributed by atoms with Crippen LogP contribution in [0.3, 0.4) is 0 Å². The Bertz CT molecular complexity index is 1530. The van der Waals surface area contributed by atoms with Crippen molar-refractivity contribution in [1.82, 2.24) is 20.1 Å². The van der Waals surface area contributed by atoms with Crippen molar-refractivity contribution in [3.05, 3.63) is 108 Å². The van der Waals surface area contributed by atoms with E-state index in [-0.39, 0.29) is 18.6 Å². The molecule has 0 radical (unpaired) electrons. The average molecular weight is 493 g/mol. The van der Waals surface area contributed by atoms with Crippen molar-refractivity contribution in [2.45, 2.75) is 18.5 Å². The molecule has 0 bridgehead atoms. The number of allylic oxidation sites excluding steroid dienone is 1. The Kier molecular flexibility index (Phi) is 5.35. The van der Waals surface area contributed by atoms with Crippen molar-refractivity contribution in [3.63, 3.8) is 0 Å². The number of carbonyl (C=O) groups is 1. The molecule has 1 amide bonds. The van der Waals surface area contributed by atoms with E-state index >= 15 is 0 Å². The highest BCUT2D eigenvalue weighted by molar-refractivity contribution is 6.03. The van der Waals surface area contributed by atoms with E-state index in [2.05, 4.69) is 32.4 Å². The van der Waals surface area contributed by atoms with Crippen molar-refractivity contribution in [2.75, 3.05) is 17.2 Å². The van der Waals surface area contributed by atoms with Gasteiger partial charge in [-0.15, -0.1) is 10.2 Å². The molecule has 2 aromatic carbocycles. The van der Waals surface area contributed by atoms with E-state index in [1.165, 1.54) is 6.39 Å². The number of nitrogens with one attached hydrogen (secondary N) is 2. The number of pyridine rings is 1. The molecule has 37 heavy (non-hydrogen) atoms. The van der Waals surface area contributed by atoms with Gasteiger partial charge in [0.1, 0.15) is 5.82 Å². The number of benzene rings is 2. The van der Waals surface area contributed by atoms with Gasteiger partial charge in [0.05, 0.1) is 29.4 Å². The second-order valence-corrected chi connectivity index (χ2v) is 9.15. The Hall–Kier alpha value is -4.76. The van der Waals surface area contributed by atoms with Crippen LogP contribution < -0.4 is 10.6 Å². The molecule has 0 saturated carbocycles. The molecular weight excluding hydrogens is 468 g/mol. The first-order valence-corrected chi connectivity index (χ1v) is 11.8. The highest BCUT2D eigenvalue weighted by atomic mass is 16.4. The molecule has 2 aromatic heterocycles. The maximum absolute atomic E-state index is 12.9. The van der Waals surface area contributed by atoms with E-state index < -0.39 is 5.54 Å². The van der Waals surface area contributed by atoms with Crippen LogP contribution in [0.1, 0.15) is 34.5 Å². The van der Waals surface area contributed by atoms with E-state index in [1.54, 1.807) is 11.1 Å². The zero-order chi connectivity index (χ0) is 25.6. The summed E-state index contributed by atoms with van der Waals surface area (Å²) in [5, 5.41) is 24.7. The Labute approximate surface area is 213 Å². The SMILES string of the molecule is C=C1C=CC2(C)c3cc(Nc4cc(N[C@H](CO)c5ccccc5)c(-c5nnco5)cn4)ccc3C(=O)N12. The van der Waals surface area contributed by atoms with E-state index in [9.17, 15) is 9.90 Å². The molecule has 184 valence electrons. The van der Waals surface area contributed by atoms with Crippen LogP contribution in [0.5, 0.6) is 0 Å². The van der Waals surface area contributed by atoms with Gasteiger partial charge in [-0.2, -0.15) is 0 Å². The van der Waals surface area contributed by atoms with Crippen LogP contribution in [-0.2, 0) is 5.54 Å². The number of fused-ring (bicyclic) bond motifs is 3. The van der Waals surface area contributed by atoms with Gasteiger partial charge < -0.3 is 20.2 Å². The smallest absolute Gasteiger partial charge is 0.259 e. The number of rotatable bonds is 7. The van der Waals surface area contributed by atoms with Crippen molar-refractivity contribution >= 4 is 23.1 Å². The summed E-state index contributed by atoms with van der Waals surface area (Å²) in [4.78, 5) is 19.2. The fourth-order valence-electron chi connectivity index (χ4n) is 4.96. The van der Waals surface area contributed by atoms with Gasteiger partial charge in [0.25, 0.3) is 11.8 Å². The standard InChI is InChI=1S/C28H24N6O3/c1-17-10-11-28(2)22-12-19(8-9-20(22)27(36)34(17)28)31-25-13-23(21(14-29-25)26-33-30-16-37-26)32-24(15-35)18-6-4-3-5-7-18/h3-14,16,24,35H,1,15H2,2H3,(H2,29,31,32)/t24-,28?/m1/s1. The van der Waals surface area contributed by atoms with Crippen LogP contribution in [0.15, 0.2) is 96.0 Å². The first-order valence-electron chi connectivity index (χ1n) is 11.8. The third-order valence-corrected chi connectivity index (χ3v) is 6.83. The minimum absolute atomic E-state index is 0.0523. The molecule has 6 rings (SSSR count). The summed E-state index contributed by atoms with van der Waals surface area (Å²) < 4.78 is 5.42. The molecule has 2 aliphatic rings. The second kappa shape index (κ2) is 8.72.